The number of rotatable bonds is 7. The third-order valence-corrected chi connectivity index (χ3v) is 7.01. The van der Waals surface area contributed by atoms with E-state index in [2.05, 4.69) is 15.9 Å². The molecular weight excluding hydrogens is 462 g/mol. The van der Waals surface area contributed by atoms with Crippen LogP contribution in [0.2, 0.25) is 0 Å². The van der Waals surface area contributed by atoms with Crippen LogP contribution in [0.15, 0.2) is 63.0 Å². The van der Waals surface area contributed by atoms with Crippen molar-refractivity contribution in [3.05, 3.63) is 68.9 Å². The fourth-order valence-corrected chi connectivity index (χ4v) is 5.19. The third kappa shape index (κ3) is 4.47. The highest BCUT2D eigenvalue weighted by Gasteiger charge is 2.20. The number of nitrogens with zero attached hydrogens (tertiary/aromatic N) is 3. The summed E-state index contributed by atoms with van der Waals surface area (Å²) < 4.78 is 2.67. The first-order valence-corrected chi connectivity index (χ1v) is 12.0. The second kappa shape index (κ2) is 9.35. The van der Waals surface area contributed by atoms with Gasteiger partial charge in [-0.3, -0.25) is 14.2 Å². The lowest BCUT2D eigenvalue weighted by Gasteiger charge is -2.20. The standard InChI is InChI=1S/C23H24BrN3O2S/c1-16(17-7-3-2-4-8-17)27-22(29)19-15-18(24)10-11-20(19)25-23(27)30-14-6-13-26-12-5-9-21(26)28/h2-4,7-8,10-11,15-16H,5-6,9,12-14H2,1H3. The summed E-state index contributed by atoms with van der Waals surface area (Å²) in [6.45, 7) is 3.67. The van der Waals surface area contributed by atoms with Gasteiger partial charge in [-0.15, -0.1) is 0 Å². The van der Waals surface area contributed by atoms with Crippen molar-refractivity contribution in [2.75, 3.05) is 18.8 Å². The Hall–Kier alpha value is -2.12. The van der Waals surface area contributed by atoms with E-state index in [4.69, 9.17) is 4.98 Å². The van der Waals surface area contributed by atoms with Gasteiger partial charge < -0.3 is 4.90 Å². The fraction of sp³-hybridized carbons (Fsp3) is 0.348. The number of benzene rings is 2. The average molecular weight is 486 g/mol. The molecule has 0 spiro atoms. The predicted octanol–water partition coefficient (Wildman–Crippen LogP) is 4.87. The molecule has 2 heterocycles. The number of amides is 1. The Bertz CT molecular complexity index is 1120. The van der Waals surface area contributed by atoms with Crippen LogP contribution in [0.4, 0.5) is 0 Å². The highest BCUT2D eigenvalue weighted by molar-refractivity contribution is 9.10. The van der Waals surface area contributed by atoms with E-state index in [1.54, 1.807) is 16.3 Å². The smallest absolute Gasteiger partial charge is 0.262 e. The van der Waals surface area contributed by atoms with Crippen molar-refractivity contribution in [1.29, 1.82) is 0 Å². The van der Waals surface area contributed by atoms with Gasteiger partial charge in [0.2, 0.25) is 5.91 Å². The van der Waals surface area contributed by atoms with Crippen molar-refractivity contribution >= 4 is 44.5 Å². The number of likely N-dealkylation sites (tertiary alicyclic amines) is 1. The summed E-state index contributed by atoms with van der Waals surface area (Å²) in [6, 6.07) is 15.5. The molecular formula is C23H24BrN3O2S. The summed E-state index contributed by atoms with van der Waals surface area (Å²) >= 11 is 5.06. The number of hydrogen-bond acceptors (Lipinski definition) is 4. The third-order valence-electron chi connectivity index (χ3n) is 5.47. The molecule has 4 rings (SSSR count). The van der Waals surface area contributed by atoms with Crippen LogP contribution in [0.3, 0.4) is 0 Å². The molecule has 1 saturated heterocycles. The molecule has 1 unspecified atom stereocenters. The van der Waals surface area contributed by atoms with Crippen LogP contribution in [0.1, 0.15) is 37.8 Å². The maximum atomic E-state index is 13.4. The van der Waals surface area contributed by atoms with Crippen LogP contribution >= 0.6 is 27.7 Å². The molecule has 0 N–H and O–H groups in total. The van der Waals surface area contributed by atoms with E-state index < -0.39 is 0 Å². The molecule has 0 saturated carbocycles. The van der Waals surface area contributed by atoms with Crippen LogP contribution in [0.5, 0.6) is 0 Å². The number of carbonyl (C=O) groups excluding carboxylic acids is 1. The van der Waals surface area contributed by atoms with E-state index >= 15 is 0 Å². The summed E-state index contributed by atoms with van der Waals surface area (Å²) in [4.78, 5) is 32.0. The summed E-state index contributed by atoms with van der Waals surface area (Å²) in [5.74, 6) is 1.06. The van der Waals surface area contributed by atoms with E-state index in [1.165, 1.54) is 0 Å². The zero-order valence-corrected chi connectivity index (χ0v) is 19.3. The SMILES string of the molecule is CC(c1ccccc1)n1c(SCCCN2CCCC2=O)nc2ccc(Br)cc2c1=O. The minimum Gasteiger partial charge on any atom is -0.343 e. The minimum absolute atomic E-state index is 0.0325. The Morgan fingerprint density at radius 1 is 1.17 bits per heavy atom. The van der Waals surface area contributed by atoms with E-state index in [0.29, 0.717) is 17.3 Å². The van der Waals surface area contributed by atoms with E-state index in [-0.39, 0.29) is 17.5 Å². The Balaban J connectivity index is 1.63. The lowest BCUT2D eigenvalue weighted by Crippen LogP contribution is -2.27. The van der Waals surface area contributed by atoms with Crippen molar-refractivity contribution in [2.45, 2.75) is 37.4 Å². The Morgan fingerprint density at radius 3 is 2.70 bits per heavy atom. The van der Waals surface area contributed by atoms with Gasteiger partial charge in [0.1, 0.15) is 0 Å². The summed E-state index contributed by atoms with van der Waals surface area (Å²) in [5, 5.41) is 1.33. The first kappa shape index (κ1) is 21.1. The van der Waals surface area contributed by atoms with Crippen molar-refractivity contribution in [3.8, 4) is 0 Å². The van der Waals surface area contributed by atoms with Gasteiger partial charge in [0, 0.05) is 29.7 Å². The highest BCUT2D eigenvalue weighted by atomic mass is 79.9. The largest absolute Gasteiger partial charge is 0.343 e. The second-order valence-corrected chi connectivity index (χ2v) is 9.48. The monoisotopic (exact) mass is 485 g/mol. The van der Waals surface area contributed by atoms with Crippen molar-refractivity contribution in [3.63, 3.8) is 0 Å². The van der Waals surface area contributed by atoms with Gasteiger partial charge in [0.05, 0.1) is 16.9 Å². The maximum absolute atomic E-state index is 13.4. The highest BCUT2D eigenvalue weighted by Crippen LogP contribution is 2.26. The Morgan fingerprint density at radius 2 is 1.97 bits per heavy atom. The minimum atomic E-state index is -0.128. The lowest BCUT2D eigenvalue weighted by atomic mass is 10.1. The number of fused-ring (bicyclic) bond motifs is 1. The average Bonchev–Trinajstić information content (AvgIpc) is 3.17. The van der Waals surface area contributed by atoms with Gasteiger partial charge in [-0.2, -0.15) is 0 Å². The number of aromatic nitrogens is 2. The van der Waals surface area contributed by atoms with Crippen LogP contribution in [0.25, 0.3) is 10.9 Å². The molecule has 0 aliphatic carbocycles. The molecule has 1 amide bonds. The molecule has 30 heavy (non-hydrogen) atoms. The molecule has 1 aliphatic rings. The summed E-state index contributed by atoms with van der Waals surface area (Å²) in [5.41, 5.74) is 1.74. The van der Waals surface area contributed by atoms with E-state index in [1.807, 2.05) is 60.4 Å². The molecule has 0 radical (unpaired) electrons. The Labute approximate surface area is 188 Å². The quantitative estimate of drug-likeness (QED) is 0.272. The van der Waals surface area contributed by atoms with E-state index in [0.717, 1.165) is 46.9 Å². The number of hydrogen-bond donors (Lipinski definition) is 0. The number of thioether (sulfide) groups is 1. The van der Waals surface area contributed by atoms with Gasteiger partial charge in [-0.25, -0.2) is 4.98 Å². The topological polar surface area (TPSA) is 55.2 Å². The molecule has 1 aromatic heterocycles. The first-order valence-electron chi connectivity index (χ1n) is 10.2. The maximum Gasteiger partial charge on any atom is 0.262 e. The molecule has 1 atom stereocenters. The molecule has 7 heteroatoms. The second-order valence-electron chi connectivity index (χ2n) is 7.50. The van der Waals surface area contributed by atoms with Crippen molar-refractivity contribution in [1.82, 2.24) is 14.5 Å². The van der Waals surface area contributed by atoms with Gasteiger partial charge in [0.25, 0.3) is 5.56 Å². The molecule has 1 aliphatic heterocycles. The normalized spacial score (nSPS) is 15.1. The van der Waals surface area contributed by atoms with Gasteiger partial charge in [-0.05, 0) is 43.5 Å². The van der Waals surface area contributed by atoms with Gasteiger partial charge in [-0.1, -0.05) is 58.0 Å². The van der Waals surface area contributed by atoms with Crippen molar-refractivity contribution < 1.29 is 4.79 Å². The molecule has 5 nitrogen and oxygen atoms in total. The van der Waals surface area contributed by atoms with Crippen molar-refractivity contribution in [2.24, 2.45) is 0 Å². The predicted molar refractivity (Wildman–Crippen MR) is 125 cm³/mol. The molecule has 0 bridgehead atoms. The number of carbonyl (C=O) groups is 1. The summed E-state index contributed by atoms with van der Waals surface area (Å²) in [6.07, 6.45) is 2.51. The zero-order valence-electron chi connectivity index (χ0n) is 16.9. The Kier molecular flexibility index (Phi) is 6.58. The molecule has 1 fully saturated rings. The molecule has 2 aromatic carbocycles. The van der Waals surface area contributed by atoms with Gasteiger partial charge in [0.15, 0.2) is 5.16 Å². The first-order chi connectivity index (χ1) is 14.5. The van der Waals surface area contributed by atoms with Crippen LogP contribution < -0.4 is 5.56 Å². The van der Waals surface area contributed by atoms with E-state index in [9.17, 15) is 9.59 Å². The molecule has 3 aromatic rings. The van der Waals surface area contributed by atoms with Crippen LogP contribution in [-0.2, 0) is 4.79 Å². The van der Waals surface area contributed by atoms with Gasteiger partial charge >= 0.3 is 0 Å². The van der Waals surface area contributed by atoms with Crippen LogP contribution in [0, 0.1) is 0 Å². The zero-order chi connectivity index (χ0) is 21.1. The summed E-state index contributed by atoms with van der Waals surface area (Å²) in [7, 11) is 0. The fourth-order valence-electron chi connectivity index (χ4n) is 3.83. The number of halogens is 1. The van der Waals surface area contributed by atoms with Crippen LogP contribution in [-0.4, -0.2) is 39.2 Å². The molecule has 156 valence electrons. The lowest BCUT2D eigenvalue weighted by molar-refractivity contribution is -0.127.